The third-order valence-corrected chi connectivity index (χ3v) is 4.19. The molecule has 7 heteroatoms. The first-order chi connectivity index (χ1) is 13.3. The summed E-state index contributed by atoms with van der Waals surface area (Å²) < 4.78 is 39.2. The predicted molar refractivity (Wildman–Crippen MR) is 98.9 cm³/mol. The van der Waals surface area contributed by atoms with Crippen molar-refractivity contribution in [2.45, 2.75) is 19.3 Å². The van der Waals surface area contributed by atoms with Crippen molar-refractivity contribution in [2.75, 3.05) is 0 Å². The van der Waals surface area contributed by atoms with E-state index in [0.29, 0.717) is 5.56 Å². The minimum atomic E-state index is -4.41. The molecule has 0 unspecified atom stereocenters. The van der Waals surface area contributed by atoms with Gasteiger partial charge in [-0.2, -0.15) is 13.2 Å². The number of carbonyl (C=O) groups excluding carboxylic acids is 1. The van der Waals surface area contributed by atoms with Crippen molar-refractivity contribution in [3.8, 4) is 0 Å². The van der Waals surface area contributed by atoms with Gasteiger partial charge in [-0.05, 0) is 35.4 Å². The zero-order chi connectivity index (χ0) is 20.1. The summed E-state index contributed by atoms with van der Waals surface area (Å²) in [6.45, 7) is 0.351. The van der Waals surface area contributed by atoms with Crippen LogP contribution in [0.15, 0.2) is 77.7 Å². The van der Waals surface area contributed by atoms with Gasteiger partial charge in [0, 0.05) is 12.7 Å². The highest BCUT2D eigenvalue weighted by Gasteiger charge is 2.29. The van der Waals surface area contributed by atoms with E-state index in [1.807, 2.05) is 30.3 Å². The van der Waals surface area contributed by atoms with Crippen molar-refractivity contribution >= 4 is 5.91 Å². The summed E-state index contributed by atoms with van der Waals surface area (Å²) in [7, 11) is 0. The molecule has 28 heavy (non-hydrogen) atoms. The zero-order valence-electron chi connectivity index (χ0n) is 14.7. The normalized spacial score (nSPS) is 11.2. The Bertz CT molecular complexity index is 1010. The average Bonchev–Trinajstić information content (AvgIpc) is 2.68. The second kappa shape index (κ2) is 8.12. The monoisotopic (exact) mass is 386 g/mol. The first kappa shape index (κ1) is 19.4. The third kappa shape index (κ3) is 4.68. The van der Waals surface area contributed by atoms with Crippen LogP contribution in [0.2, 0.25) is 0 Å². The molecule has 0 saturated heterocycles. The minimum absolute atomic E-state index is 0.0228. The molecule has 0 aliphatic heterocycles. The van der Waals surface area contributed by atoms with Crippen LogP contribution in [0.1, 0.15) is 27.0 Å². The van der Waals surface area contributed by atoms with Gasteiger partial charge in [0.15, 0.2) is 0 Å². The molecule has 1 N–H and O–H groups in total. The molecule has 3 aromatic rings. The van der Waals surface area contributed by atoms with Crippen LogP contribution in [-0.4, -0.2) is 10.5 Å². The highest BCUT2D eigenvalue weighted by Crippen LogP contribution is 2.29. The Labute approximate surface area is 159 Å². The third-order valence-electron chi connectivity index (χ3n) is 4.19. The quantitative estimate of drug-likeness (QED) is 0.724. The van der Waals surface area contributed by atoms with Crippen molar-refractivity contribution in [3.05, 3.63) is 106 Å². The van der Waals surface area contributed by atoms with E-state index >= 15 is 0 Å². The van der Waals surface area contributed by atoms with Gasteiger partial charge in [0.05, 0.1) is 12.1 Å². The molecule has 1 heterocycles. The van der Waals surface area contributed by atoms with Gasteiger partial charge in [-0.3, -0.25) is 9.59 Å². The largest absolute Gasteiger partial charge is 0.416 e. The predicted octanol–water partition coefficient (Wildman–Crippen LogP) is 3.85. The first-order valence-electron chi connectivity index (χ1n) is 8.52. The number of rotatable bonds is 5. The Kier molecular flexibility index (Phi) is 5.63. The Morgan fingerprint density at radius 2 is 1.57 bits per heavy atom. The number of nitrogens with zero attached hydrogens (tertiary/aromatic N) is 1. The standard InChI is InChI=1S/C21H17F3N2O2/c22-21(23,24)17-10-8-16(9-11-17)14-26-12-4-7-18(20(26)28)19(27)25-13-15-5-2-1-3-6-15/h1-12H,13-14H2,(H,25,27). The van der Waals surface area contributed by atoms with E-state index < -0.39 is 23.2 Å². The molecule has 0 aliphatic rings. The number of amides is 1. The van der Waals surface area contributed by atoms with Crippen molar-refractivity contribution < 1.29 is 18.0 Å². The van der Waals surface area contributed by atoms with Crippen LogP contribution in [0.5, 0.6) is 0 Å². The molecule has 0 spiro atoms. The van der Waals surface area contributed by atoms with Crippen molar-refractivity contribution in [2.24, 2.45) is 0 Å². The van der Waals surface area contributed by atoms with E-state index in [-0.39, 0.29) is 18.7 Å². The van der Waals surface area contributed by atoms with Crippen LogP contribution >= 0.6 is 0 Å². The van der Waals surface area contributed by atoms with E-state index in [4.69, 9.17) is 0 Å². The summed E-state index contributed by atoms with van der Waals surface area (Å²) >= 11 is 0. The molecule has 0 saturated carbocycles. The molecule has 4 nitrogen and oxygen atoms in total. The number of nitrogens with one attached hydrogen (secondary N) is 1. The topological polar surface area (TPSA) is 51.1 Å². The smallest absolute Gasteiger partial charge is 0.348 e. The van der Waals surface area contributed by atoms with Gasteiger partial charge >= 0.3 is 6.18 Å². The van der Waals surface area contributed by atoms with E-state index in [1.54, 1.807) is 6.07 Å². The Balaban J connectivity index is 1.73. The lowest BCUT2D eigenvalue weighted by Crippen LogP contribution is -2.32. The van der Waals surface area contributed by atoms with Crippen molar-refractivity contribution in [3.63, 3.8) is 0 Å². The van der Waals surface area contributed by atoms with Gasteiger partial charge in [-0.1, -0.05) is 42.5 Å². The van der Waals surface area contributed by atoms with Gasteiger partial charge in [0.1, 0.15) is 5.56 Å². The fourth-order valence-corrected chi connectivity index (χ4v) is 2.70. The molecule has 1 aromatic heterocycles. The molecule has 0 aliphatic carbocycles. The molecule has 144 valence electrons. The van der Waals surface area contributed by atoms with Crippen LogP contribution in [0.3, 0.4) is 0 Å². The average molecular weight is 386 g/mol. The summed E-state index contributed by atoms with van der Waals surface area (Å²) in [6, 6.07) is 16.8. The second-order valence-corrected chi connectivity index (χ2v) is 6.22. The lowest BCUT2D eigenvalue weighted by molar-refractivity contribution is -0.137. The fourth-order valence-electron chi connectivity index (χ4n) is 2.70. The summed E-state index contributed by atoms with van der Waals surface area (Å²) in [6.07, 6.45) is -2.92. The number of carbonyl (C=O) groups is 1. The van der Waals surface area contributed by atoms with Crippen LogP contribution in [0.4, 0.5) is 13.2 Å². The minimum Gasteiger partial charge on any atom is -0.348 e. The van der Waals surface area contributed by atoms with Crippen LogP contribution < -0.4 is 10.9 Å². The Hall–Kier alpha value is -3.35. The molecule has 2 aromatic carbocycles. The number of halogens is 3. The van der Waals surface area contributed by atoms with E-state index in [1.165, 1.54) is 29.0 Å². The number of hydrogen-bond donors (Lipinski definition) is 1. The Morgan fingerprint density at radius 1 is 0.893 bits per heavy atom. The molecule has 0 bridgehead atoms. The zero-order valence-corrected chi connectivity index (χ0v) is 14.7. The number of hydrogen-bond acceptors (Lipinski definition) is 2. The van der Waals surface area contributed by atoms with Crippen molar-refractivity contribution in [1.29, 1.82) is 0 Å². The highest BCUT2D eigenvalue weighted by molar-refractivity contribution is 5.93. The summed E-state index contributed by atoms with van der Waals surface area (Å²) in [4.78, 5) is 24.9. The van der Waals surface area contributed by atoms with E-state index in [9.17, 15) is 22.8 Å². The van der Waals surface area contributed by atoms with E-state index in [2.05, 4.69) is 5.32 Å². The first-order valence-corrected chi connectivity index (χ1v) is 8.52. The SMILES string of the molecule is O=C(NCc1ccccc1)c1cccn(Cc2ccc(C(F)(F)F)cc2)c1=O. The Morgan fingerprint density at radius 3 is 2.21 bits per heavy atom. The fraction of sp³-hybridized carbons (Fsp3) is 0.143. The molecule has 3 rings (SSSR count). The summed E-state index contributed by atoms with van der Waals surface area (Å²) in [5, 5.41) is 2.69. The summed E-state index contributed by atoms with van der Waals surface area (Å²) in [5.41, 5.74) is 0.143. The van der Waals surface area contributed by atoms with Crippen LogP contribution in [0, 0.1) is 0 Å². The number of alkyl halides is 3. The maximum Gasteiger partial charge on any atom is 0.416 e. The van der Waals surface area contributed by atoms with E-state index in [0.717, 1.165) is 17.7 Å². The highest BCUT2D eigenvalue weighted by atomic mass is 19.4. The number of pyridine rings is 1. The number of benzene rings is 2. The summed E-state index contributed by atoms with van der Waals surface area (Å²) in [5.74, 6) is -0.504. The van der Waals surface area contributed by atoms with Crippen molar-refractivity contribution in [1.82, 2.24) is 9.88 Å². The molecule has 0 radical (unpaired) electrons. The molecule has 1 amide bonds. The van der Waals surface area contributed by atoms with Gasteiger partial charge in [-0.25, -0.2) is 0 Å². The second-order valence-electron chi connectivity index (χ2n) is 6.22. The number of aromatic nitrogens is 1. The van der Waals surface area contributed by atoms with Gasteiger partial charge in [-0.15, -0.1) is 0 Å². The van der Waals surface area contributed by atoms with Gasteiger partial charge < -0.3 is 9.88 Å². The lowest BCUT2D eigenvalue weighted by Gasteiger charge is -2.10. The maximum absolute atomic E-state index is 12.6. The molecular formula is C21H17F3N2O2. The molecule has 0 fully saturated rings. The van der Waals surface area contributed by atoms with Gasteiger partial charge in [0.25, 0.3) is 11.5 Å². The van der Waals surface area contributed by atoms with Crippen LogP contribution in [0.25, 0.3) is 0 Å². The maximum atomic E-state index is 12.6. The lowest BCUT2D eigenvalue weighted by atomic mass is 10.1. The van der Waals surface area contributed by atoms with Crippen LogP contribution in [-0.2, 0) is 19.3 Å². The molecule has 0 atom stereocenters. The van der Waals surface area contributed by atoms with Gasteiger partial charge in [0.2, 0.25) is 0 Å². The molecular weight excluding hydrogens is 369 g/mol.